The number of benzene rings is 1. The summed E-state index contributed by atoms with van der Waals surface area (Å²) in [4.78, 5) is 2.55. The summed E-state index contributed by atoms with van der Waals surface area (Å²) < 4.78 is 0. The van der Waals surface area contributed by atoms with Gasteiger partial charge in [0.1, 0.15) is 0 Å². The number of likely N-dealkylation sites (tertiary alicyclic amines) is 1. The molecule has 2 rings (SSSR count). The minimum Gasteiger partial charge on any atom is -0.315 e. The van der Waals surface area contributed by atoms with Crippen molar-refractivity contribution in [3.05, 3.63) is 35.9 Å². The van der Waals surface area contributed by atoms with E-state index in [1.165, 1.54) is 25.8 Å². The molecule has 0 aromatic heterocycles. The lowest BCUT2D eigenvalue weighted by atomic mass is 10.0. The molecule has 1 N–H and O–H groups in total. The molecule has 21 heavy (non-hydrogen) atoms. The van der Waals surface area contributed by atoms with Crippen LogP contribution in [0.2, 0.25) is 0 Å². The molecule has 0 bridgehead atoms. The Labute approximate surface area is 129 Å². The normalized spacial score (nSPS) is 19.3. The summed E-state index contributed by atoms with van der Waals surface area (Å²) in [7, 11) is 0. The second kappa shape index (κ2) is 8.87. The van der Waals surface area contributed by atoms with Crippen molar-refractivity contribution in [1.82, 2.24) is 10.2 Å². The first-order chi connectivity index (χ1) is 10.3. The SMILES string of the molecule is CC(C)CNCC1CCCCN1CC#Cc1ccccc1. The fourth-order valence-electron chi connectivity index (χ4n) is 2.80. The molecule has 0 aliphatic carbocycles. The number of nitrogens with one attached hydrogen (secondary N) is 1. The first-order valence-corrected chi connectivity index (χ1v) is 8.24. The van der Waals surface area contributed by atoms with E-state index in [1.54, 1.807) is 0 Å². The maximum Gasteiger partial charge on any atom is 0.0608 e. The van der Waals surface area contributed by atoms with Gasteiger partial charge in [0.2, 0.25) is 0 Å². The molecule has 1 aromatic carbocycles. The van der Waals surface area contributed by atoms with E-state index in [-0.39, 0.29) is 0 Å². The maximum atomic E-state index is 3.60. The largest absolute Gasteiger partial charge is 0.315 e. The van der Waals surface area contributed by atoms with Crippen LogP contribution in [0.4, 0.5) is 0 Å². The molecular formula is C19H28N2. The lowest BCUT2D eigenvalue weighted by Crippen LogP contribution is -2.46. The molecule has 1 aromatic rings. The summed E-state index contributed by atoms with van der Waals surface area (Å²) >= 11 is 0. The summed E-state index contributed by atoms with van der Waals surface area (Å²) in [5.74, 6) is 7.35. The third-order valence-corrected chi connectivity index (χ3v) is 3.97. The second-order valence-electron chi connectivity index (χ2n) is 6.34. The second-order valence-corrected chi connectivity index (χ2v) is 6.34. The van der Waals surface area contributed by atoms with Crippen LogP contribution in [-0.2, 0) is 0 Å². The molecule has 1 saturated heterocycles. The Bertz CT molecular complexity index is 455. The molecule has 0 amide bonds. The number of rotatable bonds is 5. The number of hydrogen-bond donors (Lipinski definition) is 1. The number of hydrogen-bond acceptors (Lipinski definition) is 2. The molecule has 0 saturated carbocycles. The third-order valence-electron chi connectivity index (χ3n) is 3.97. The maximum absolute atomic E-state index is 3.60. The van der Waals surface area contributed by atoms with Gasteiger partial charge >= 0.3 is 0 Å². The first kappa shape index (κ1) is 16.1. The van der Waals surface area contributed by atoms with Crippen molar-refractivity contribution in [3.63, 3.8) is 0 Å². The molecule has 0 spiro atoms. The molecule has 0 radical (unpaired) electrons. The van der Waals surface area contributed by atoms with Gasteiger partial charge in [0, 0.05) is 18.2 Å². The van der Waals surface area contributed by atoms with E-state index < -0.39 is 0 Å². The van der Waals surface area contributed by atoms with Gasteiger partial charge in [0.15, 0.2) is 0 Å². The van der Waals surface area contributed by atoms with Gasteiger partial charge in [0.25, 0.3) is 0 Å². The standard InChI is InChI=1S/C19H28N2/c1-17(2)15-20-16-19-12-6-7-13-21(19)14-8-11-18-9-4-3-5-10-18/h3-5,9-10,17,19-20H,6-7,12-16H2,1-2H3. The Kier molecular flexibility index (Phi) is 6.79. The Hall–Kier alpha value is -1.30. The van der Waals surface area contributed by atoms with Crippen molar-refractivity contribution in [1.29, 1.82) is 0 Å². The average molecular weight is 284 g/mol. The molecule has 114 valence electrons. The summed E-state index contributed by atoms with van der Waals surface area (Å²) in [5, 5.41) is 3.60. The van der Waals surface area contributed by atoms with Crippen molar-refractivity contribution in [2.45, 2.75) is 39.2 Å². The molecule has 1 heterocycles. The summed E-state index contributed by atoms with van der Waals surface area (Å²) in [5.41, 5.74) is 1.11. The van der Waals surface area contributed by atoms with Crippen molar-refractivity contribution in [2.75, 3.05) is 26.2 Å². The Morgan fingerprint density at radius 3 is 2.81 bits per heavy atom. The molecule has 1 atom stereocenters. The highest BCUT2D eigenvalue weighted by molar-refractivity contribution is 5.33. The minimum atomic E-state index is 0.655. The van der Waals surface area contributed by atoms with Crippen molar-refractivity contribution in [3.8, 4) is 11.8 Å². The van der Waals surface area contributed by atoms with Crippen LogP contribution < -0.4 is 5.32 Å². The third kappa shape index (κ3) is 5.91. The first-order valence-electron chi connectivity index (χ1n) is 8.24. The van der Waals surface area contributed by atoms with Crippen molar-refractivity contribution < 1.29 is 0 Å². The lowest BCUT2D eigenvalue weighted by Gasteiger charge is -2.34. The monoisotopic (exact) mass is 284 g/mol. The van der Waals surface area contributed by atoms with Gasteiger partial charge < -0.3 is 5.32 Å². The fourth-order valence-corrected chi connectivity index (χ4v) is 2.80. The van der Waals surface area contributed by atoms with Gasteiger partial charge in [-0.05, 0) is 44.0 Å². The molecule has 2 nitrogen and oxygen atoms in total. The van der Waals surface area contributed by atoms with Crippen LogP contribution in [0.15, 0.2) is 30.3 Å². The topological polar surface area (TPSA) is 15.3 Å². The van der Waals surface area contributed by atoms with E-state index in [0.717, 1.165) is 31.1 Å². The Morgan fingerprint density at radius 1 is 1.24 bits per heavy atom. The van der Waals surface area contributed by atoms with Crippen LogP contribution >= 0.6 is 0 Å². The Balaban J connectivity index is 1.83. The summed E-state index contributed by atoms with van der Waals surface area (Å²) in [6, 6.07) is 10.9. The number of piperidine rings is 1. The molecule has 1 aliphatic heterocycles. The number of nitrogens with zero attached hydrogens (tertiary/aromatic N) is 1. The van der Waals surface area contributed by atoms with Gasteiger partial charge in [0.05, 0.1) is 6.54 Å². The predicted molar refractivity (Wildman–Crippen MR) is 90.2 cm³/mol. The zero-order valence-electron chi connectivity index (χ0n) is 13.4. The van der Waals surface area contributed by atoms with Gasteiger partial charge in [-0.3, -0.25) is 4.90 Å². The molecule has 1 fully saturated rings. The summed E-state index contributed by atoms with van der Waals surface area (Å²) in [6.45, 7) is 8.82. The predicted octanol–water partition coefficient (Wildman–Crippen LogP) is 3.14. The van der Waals surface area contributed by atoms with Gasteiger partial charge in [-0.1, -0.05) is 50.3 Å². The molecule has 1 aliphatic rings. The highest BCUT2D eigenvalue weighted by atomic mass is 15.2. The molecule has 1 unspecified atom stereocenters. The van der Waals surface area contributed by atoms with Crippen LogP contribution in [0, 0.1) is 17.8 Å². The van der Waals surface area contributed by atoms with Crippen molar-refractivity contribution >= 4 is 0 Å². The van der Waals surface area contributed by atoms with E-state index in [2.05, 4.69) is 48.0 Å². The minimum absolute atomic E-state index is 0.655. The summed E-state index contributed by atoms with van der Waals surface area (Å²) in [6.07, 6.45) is 3.97. The van der Waals surface area contributed by atoms with Crippen LogP contribution in [0.3, 0.4) is 0 Å². The van der Waals surface area contributed by atoms with Gasteiger partial charge in [-0.2, -0.15) is 0 Å². The highest BCUT2D eigenvalue weighted by Crippen LogP contribution is 2.15. The molecular weight excluding hydrogens is 256 g/mol. The van der Waals surface area contributed by atoms with Gasteiger partial charge in [-0.15, -0.1) is 0 Å². The quantitative estimate of drug-likeness (QED) is 0.836. The zero-order chi connectivity index (χ0) is 14.9. The Morgan fingerprint density at radius 2 is 2.05 bits per heavy atom. The van der Waals surface area contributed by atoms with Crippen LogP contribution in [0.25, 0.3) is 0 Å². The molecule has 2 heteroatoms. The highest BCUT2D eigenvalue weighted by Gasteiger charge is 2.20. The van der Waals surface area contributed by atoms with Crippen molar-refractivity contribution in [2.24, 2.45) is 5.92 Å². The van der Waals surface area contributed by atoms with Gasteiger partial charge in [-0.25, -0.2) is 0 Å². The van der Waals surface area contributed by atoms with E-state index >= 15 is 0 Å². The van der Waals surface area contributed by atoms with E-state index in [9.17, 15) is 0 Å². The van der Waals surface area contributed by atoms with Crippen LogP contribution in [0.1, 0.15) is 38.7 Å². The van der Waals surface area contributed by atoms with Crippen LogP contribution in [0.5, 0.6) is 0 Å². The zero-order valence-corrected chi connectivity index (χ0v) is 13.4. The fraction of sp³-hybridized carbons (Fsp3) is 0.579. The van der Waals surface area contributed by atoms with E-state index in [1.807, 2.05) is 18.2 Å². The van der Waals surface area contributed by atoms with Crippen LogP contribution in [-0.4, -0.2) is 37.1 Å². The lowest BCUT2D eigenvalue weighted by molar-refractivity contribution is 0.163. The average Bonchev–Trinajstić information content (AvgIpc) is 2.49. The smallest absolute Gasteiger partial charge is 0.0608 e. The van der Waals surface area contributed by atoms with E-state index in [0.29, 0.717) is 6.04 Å². The van der Waals surface area contributed by atoms with E-state index in [4.69, 9.17) is 0 Å².